The molecule has 0 radical (unpaired) electrons. The molecule has 0 aromatic heterocycles. The van der Waals surface area contributed by atoms with Crippen LogP contribution in [-0.4, -0.2) is 31.1 Å². The van der Waals surface area contributed by atoms with Crippen molar-refractivity contribution in [2.75, 3.05) is 11.4 Å². The van der Waals surface area contributed by atoms with Crippen molar-refractivity contribution in [3.8, 4) is 0 Å². The summed E-state index contributed by atoms with van der Waals surface area (Å²) in [6, 6.07) is 19.0. The number of carbonyl (C=O) groups excluding carboxylic acids is 2. The molecule has 0 N–H and O–H groups in total. The number of ketones is 1. The van der Waals surface area contributed by atoms with Crippen LogP contribution in [-0.2, 0) is 16.6 Å². The number of urea groups is 1. The Morgan fingerprint density at radius 2 is 1.50 bits per heavy atom. The van der Waals surface area contributed by atoms with Gasteiger partial charge in [-0.05, 0) is 42.0 Å². The number of para-hydroxylation sites is 1. The molecule has 3 aromatic carbocycles. The molecular weight excluding hydrogens is 407 g/mol. The highest BCUT2D eigenvalue weighted by Gasteiger charge is 2.41. The van der Waals surface area contributed by atoms with Gasteiger partial charge in [-0.3, -0.25) is 9.69 Å². The second-order valence-electron chi connectivity index (χ2n) is 6.76. The number of rotatable bonds is 5. The number of fused-ring (bicyclic) bond motifs is 1. The van der Waals surface area contributed by atoms with Crippen LogP contribution in [0.5, 0.6) is 0 Å². The fourth-order valence-electron chi connectivity index (χ4n) is 3.28. The standard InChI is InChI=1S/C22H17FN2O4S/c23-18-12-10-17(11-13-18)20(26)15-24-19-8-4-5-9-21(19)30(28,29)25(22(24)27)14-16-6-2-1-3-7-16/h1-13H,14-15H2. The van der Waals surface area contributed by atoms with Gasteiger partial charge >= 0.3 is 6.03 Å². The van der Waals surface area contributed by atoms with Gasteiger partial charge in [-0.1, -0.05) is 42.5 Å². The molecule has 4 rings (SSSR count). The molecule has 2 amide bonds. The molecule has 6 nitrogen and oxygen atoms in total. The normalized spacial score (nSPS) is 15.0. The summed E-state index contributed by atoms with van der Waals surface area (Å²) in [5.41, 5.74) is 1.01. The van der Waals surface area contributed by atoms with E-state index in [4.69, 9.17) is 0 Å². The minimum Gasteiger partial charge on any atom is -0.292 e. The number of anilines is 1. The fourth-order valence-corrected chi connectivity index (χ4v) is 4.84. The molecule has 1 aliphatic heterocycles. The van der Waals surface area contributed by atoms with E-state index in [1.165, 1.54) is 24.3 Å². The van der Waals surface area contributed by atoms with Gasteiger partial charge in [-0.2, -0.15) is 0 Å². The molecule has 1 aliphatic rings. The van der Waals surface area contributed by atoms with Crippen molar-refractivity contribution >= 4 is 27.5 Å². The maximum atomic E-state index is 13.2. The average molecular weight is 424 g/mol. The van der Waals surface area contributed by atoms with Gasteiger partial charge in [-0.25, -0.2) is 21.9 Å². The van der Waals surface area contributed by atoms with Crippen molar-refractivity contribution in [1.29, 1.82) is 0 Å². The van der Waals surface area contributed by atoms with Gasteiger partial charge in [0.05, 0.1) is 18.8 Å². The lowest BCUT2D eigenvalue weighted by Gasteiger charge is -2.36. The SMILES string of the molecule is O=C(CN1C(=O)N(Cc2ccccc2)S(=O)(=O)c2ccccc21)c1ccc(F)cc1. The number of hydrogen-bond donors (Lipinski definition) is 0. The van der Waals surface area contributed by atoms with Gasteiger partial charge in [-0.15, -0.1) is 0 Å². The van der Waals surface area contributed by atoms with Gasteiger partial charge in [0.25, 0.3) is 10.0 Å². The Balaban J connectivity index is 1.73. The minimum absolute atomic E-state index is 0.0487. The molecule has 8 heteroatoms. The topological polar surface area (TPSA) is 74.8 Å². The first-order chi connectivity index (χ1) is 14.4. The van der Waals surface area contributed by atoms with Crippen molar-refractivity contribution in [1.82, 2.24) is 4.31 Å². The van der Waals surface area contributed by atoms with E-state index in [1.54, 1.807) is 42.5 Å². The number of carbonyl (C=O) groups is 2. The molecule has 152 valence electrons. The first kappa shape index (κ1) is 19.8. The predicted molar refractivity (Wildman–Crippen MR) is 109 cm³/mol. The molecule has 3 aromatic rings. The molecule has 0 bridgehead atoms. The Kier molecular flexibility index (Phi) is 5.09. The Morgan fingerprint density at radius 3 is 2.20 bits per heavy atom. The highest BCUT2D eigenvalue weighted by molar-refractivity contribution is 7.90. The van der Waals surface area contributed by atoms with E-state index in [2.05, 4.69) is 0 Å². The van der Waals surface area contributed by atoms with E-state index in [-0.39, 0.29) is 29.2 Å². The van der Waals surface area contributed by atoms with Crippen LogP contribution >= 0.6 is 0 Å². The van der Waals surface area contributed by atoms with E-state index in [0.29, 0.717) is 5.56 Å². The lowest BCUT2D eigenvalue weighted by Crippen LogP contribution is -2.51. The number of amides is 2. The zero-order valence-electron chi connectivity index (χ0n) is 15.7. The molecule has 0 spiro atoms. The lowest BCUT2D eigenvalue weighted by molar-refractivity contribution is 0.0998. The number of halogens is 1. The summed E-state index contributed by atoms with van der Waals surface area (Å²) < 4.78 is 40.1. The molecule has 0 saturated heterocycles. The van der Waals surface area contributed by atoms with Crippen molar-refractivity contribution in [3.63, 3.8) is 0 Å². The van der Waals surface area contributed by atoms with Crippen LogP contribution in [0.15, 0.2) is 83.8 Å². The zero-order valence-corrected chi connectivity index (χ0v) is 16.5. The quantitative estimate of drug-likeness (QED) is 0.584. The van der Waals surface area contributed by atoms with Crippen molar-refractivity contribution in [2.24, 2.45) is 0 Å². The Morgan fingerprint density at radius 1 is 0.867 bits per heavy atom. The first-order valence-corrected chi connectivity index (χ1v) is 10.6. The van der Waals surface area contributed by atoms with E-state index in [9.17, 15) is 22.4 Å². The smallest absolute Gasteiger partial charge is 0.292 e. The third-order valence-corrected chi connectivity index (χ3v) is 6.57. The monoisotopic (exact) mass is 424 g/mol. The number of Topliss-reactive ketones (excluding diaryl/α,β-unsaturated/α-hetero) is 1. The molecule has 30 heavy (non-hydrogen) atoms. The first-order valence-electron chi connectivity index (χ1n) is 9.14. The highest BCUT2D eigenvalue weighted by atomic mass is 32.2. The second kappa shape index (κ2) is 7.72. The number of hydrogen-bond acceptors (Lipinski definition) is 4. The molecule has 0 atom stereocenters. The van der Waals surface area contributed by atoms with E-state index in [1.807, 2.05) is 0 Å². The molecule has 1 heterocycles. The average Bonchev–Trinajstić information content (AvgIpc) is 2.75. The summed E-state index contributed by atoms with van der Waals surface area (Å²) in [7, 11) is -4.09. The summed E-state index contributed by atoms with van der Waals surface area (Å²) in [6.45, 7) is -0.528. The van der Waals surface area contributed by atoms with Crippen LogP contribution < -0.4 is 4.90 Å². The van der Waals surface area contributed by atoms with E-state index in [0.717, 1.165) is 21.3 Å². The van der Waals surface area contributed by atoms with Gasteiger partial charge in [0, 0.05) is 5.56 Å². The third-order valence-electron chi connectivity index (χ3n) is 4.81. The largest absolute Gasteiger partial charge is 0.339 e. The Hall–Kier alpha value is -3.52. The van der Waals surface area contributed by atoms with Crippen LogP contribution in [0.1, 0.15) is 15.9 Å². The molecular formula is C22H17FN2O4S. The number of sulfonamides is 1. The molecule has 0 aliphatic carbocycles. The van der Waals surface area contributed by atoms with Crippen molar-refractivity contribution < 1.29 is 22.4 Å². The Bertz CT molecular complexity index is 1210. The maximum absolute atomic E-state index is 13.2. The van der Waals surface area contributed by atoms with Gasteiger partial charge in [0.15, 0.2) is 5.78 Å². The van der Waals surface area contributed by atoms with Crippen LogP contribution in [0.25, 0.3) is 0 Å². The molecule has 0 unspecified atom stereocenters. The van der Waals surface area contributed by atoms with Gasteiger partial charge in [0.2, 0.25) is 0 Å². The zero-order chi connectivity index (χ0) is 21.3. The second-order valence-corrected chi connectivity index (χ2v) is 8.59. The summed E-state index contributed by atoms with van der Waals surface area (Å²) >= 11 is 0. The third kappa shape index (κ3) is 3.57. The summed E-state index contributed by atoms with van der Waals surface area (Å²) in [5, 5.41) is 0. The van der Waals surface area contributed by atoms with E-state index < -0.39 is 27.7 Å². The molecule has 0 fully saturated rings. The van der Waals surface area contributed by atoms with Crippen LogP contribution in [0.3, 0.4) is 0 Å². The predicted octanol–water partition coefficient (Wildman–Crippen LogP) is 3.84. The van der Waals surface area contributed by atoms with Crippen LogP contribution in [0.4, 0.5) is 14.9 Å². The minimum atomic E-state index is -4.09. The number of nitrogens with zero attached hydrogens (tertiary/aromatic N) is 2. The van der Waals surface area contributed by atoms with Crippen molar-refractivity contribution in [3.05, 3.63) is 95.8 Å². The summed E-state index contributed by atoms with van der Waals surface area (Å²) in [6.07, 6.45) is 0. The van der Waals surface area contributed by atoms with Crippen molar-refractivity contribution in [2.45, 2.75) is 11.4 Å². The highest BCUT2D eigenvalue weighted by Crippen LogP contribution is 2.35. The maximum Gasteiger partial charge on any atom is 0.339 e. The fraction of sp³-hybridized carbons (Fsp3) is 0.0909. The summed E-state index contributed by atoms with van der Waals surface area (Å²) in [5.74, 6) is -0.914. The van der Waals surface area contributed by atoms with Gasteiger partial charge in [0.1, 0.15) is 10.7 Å². The van der Waals surface area contributed by atoms with E-state index >= 15 is 0 Å². The molecule has 0 saturated carbocycles. The lowest BCUT2D eigenvalue weighted by atomic mass is 10.1. The van der Waals surface area contributed by atoms with Crippen LogP contribution in [0.2, 0.25) is 0 Å². The Labute approximate surface area is 173 Å². The van der Waals surface area contributed by atoms with Crippen LogP contribution in [0, 0.1) is 5.82 Å². The van der Waals surface area contributed by atoms with Gasteiger partial charge < -0.3 is 0 Å². The summed E-state index contributed by atoms with van der Waals surface area (Å²) in [4.78, 5) is 27.0. The number of benzene rings is 3.